The maximum Gasteiger partial charge on any atom is 0.163 e. The van der Waals surface area contributed by atoms with E-state index in [-0.39, 0.29) is 10.9 Å². The lowest BCUT2D eigenvalue weighted by molar-refractivity contribution is 0.101. The van der Waals surface area contributed by atoms with E-state index in [1.807, 2.05) is 22.6 Å². The molecule has 0 unspecified atom stereocenters. The molecule has 1 aromatic rings. The molecule has 1 rings (SSSR count). The molecule has 64 valence electrons. The SMILES string of the molecule is CC(=O)c1c(I)cc(Cl)nc1Cl. The van der Waals surface area contributed by atoms with Crippen molar-refractivity contribution in [1.29, 1.82) is 0 Å². The fourth-order valence-corrected chi connectivity index (χ4v) is 2.61. The number of nitrogens with zero attached hydrogens (tertiary/aromatic N) is 1. The first-order valence-corrected chi connectivity index (χ1v) is 4.88. The molecule has 5 heteroatoms. The van der Waals surface area contributed by atoms with Crippen molar-refractivity contribution in [3.05, 3.63) is 25.5 Å². The van der Waals surface area contributed by atoms with Gasteiger partial charge in [0.25, 0.3) is 0 Å². The summed E-state index contributed by atoms with van der Waals surface area (Å²) in [5.74, 6) is -0.103. The van der Waals surface area contributed by atoms with Gasteiger partial charge in [0.2, 0.25) is 0 Å². The normalized spacial score (nSPS) is 10.0. The number of carbonyl (C=O) groups excluding carboxylic acids is 1. The molecule has 0 radical (unpaired) electrons. The van der Waals surface area contributed by atoms with Gasteiger partial charge in [-0.1, -0.05) is 23.2 Å². The number of halogens is 3. The maximum absolute atomic E-state index is 11.0. The second-order valence-corrected chi connectivity index (χ2v) is 4.06. The molecule has 1 heterocycles. The summed E-state index contributed by atoms with van der Waals surface area (Å²) in [6.45, 7) is 1.44. The number of rotatable bonds is 1. The smallest absolute Gasteiger partial charge is 0.163 e. The third-order valence-corrected chi connectivity index (χ3v) is 2.57. The Hall–Kier alpha value is 0.130. The van der Waals surface area contributed by atoms with Crippen LogP contribution in [0.1, 0.15) is 17.3 Å². The third-order valence-electron chi connectivity index (χ3n) is 1.25. The van der Waals surface area contributed by atoms with Crippen molar-refractivity contribution in [3.8, 4) is 0 Å². The number of hydrogen-bond acceptors (Lipinski definition) is 2. The number of Topliss-reactive ketones (excluding diaryl/α,β-unsaturated/α-hetero) is 1. The minimum absolute atomic E-state index is 0.103. The van der Waals surface area contributed by atoms with Crippen LogP contribution in [0.3, 0.4) is 0 Å². The number of aromatic nitrogens is 1. The van der Waals surface area contributed by atoms with Crippen molar-refractivity contribution >= 4 is 51.6 Å². The number of carbonyl (C=O) groups is 1. The zero-order chi connectivity index (χ0) is 9.30. The summed E-state index contributed by atoms with van der Waals surface area (Å²) in [6.07, 6.45) is 0. The van der Waals surface area contributed by atoms with Crippen LogP contribution < -0.4 is 0 Å². The Morgan fingerprint density at radius 1 is 1.58 bits per heavy atom. The molecular weight excluding hydrogens is 312 g/mol. The minimum Gasteiger partial charge on any atom is -0.294 e. The molecule has 0 bridgehead atoms. The van der Waals surface area contributed by atoms with E-state index < -0.39 is 0 Å². The van der Waals surface area contributed by atoms with E-state index in [1.165, 1.54) is 6.92 Å². The fraction of sp³-hybridized carbons (Fsp3) is 0.143. The first-order valence-electron chi connectivity index (χ1n) is 3.05. The van der Waals surface area contributed by atoms with Crippen LogP contribution in [0.5, 0.6) is 0 Å². The summed E-state index contributed by atoms with van der Waals surface area (Å²) >= 11 is 13.3. The van der Waals surface area contributed by atoms with Crippen LogP contribution in [0.4, 0.5) is 0 Å². The molecule has 0 N–H and O–H groups in total. The highest BCUT2D eigenvalue weighted by atomic mass is 127. The fourth-order valence-electron chi connectivity index (χ4n) is 0.771. The Kier molecular flexibility index (Phi) is 3.31. The topological polar surface area (TPSA) is 30.0 Å². The first kappa shape index (κ1) is 10.2. The largest absolute Gasteiger partial charge is 0.294 e. The molecule has 0 saturated carbocycles. The van der Waals surface area contributed by atoms with E-state index in [4.69, 9.17) is 23.2 Å². The summed E-state index contributed by atoms with van der Waals surface area (Å²) < 4.78 is 0.727. The molecule has 0 aliphatic rings. The molecular formula is C7H4Cl2INO. The summed E-state index contributed by atoms with van der Waals surface area (Å²) in [5.41, 5.74) is 0.432. The van der Waals surface area contributed by atoms with Crippen molar-refractivity contribution in [2.24, 2.45) is 0 Å². The molecule has 0 aromatic carbocycles. The second kappa shape index (κ2) is 3.89. The standard InChI is InChI=1S/C7H4Cl2INO/c1-3(12)6-4(10)2-5(8)11-7(6)9/h2H,1H3. The van der Waals surface area contributed by atoms with E-state index in [1.54, 1.807) is 6.07 Å². The average Bonchev–Trinajstić information content (AvgIpc) is 1.82. The third kappa shape index (κ3) is 2.08. The van der Waals surface area contributed by atoms with E-state index >= 15 is 0 Å². The molecule has 0 atom stereocenters. The van der Waals surface area contributed by atoms with Gasteiger partial charge in [0, 0.05) is 3.57 Å². The van der Waals surface area contributed by atoms with Crippen molar-refractivity contribution in [3.63, 3.8) is 0 Å². The average molecular weight is 316 g/mol. The minimum atomic E-state index is -0.103. The summed E-state index contributed by atoms with van der Waals surface area (Å²) in [5, 5.41) is 0.466. The van der Waals surface area contributed by atoms with Crippen LogP contribution in [0.2, 0.25) is 10.3 Å². The quantitative estimate of drug-likeness (QED) is 0.452. The number of hydrogen-bond donors (Lipinski definition) is 0. The Labute approximate surface area is 93.4 Å². The Bertz CT molecular complexity index is 317. The Morgan fingerprint density at radius 2 is 2.17 bits per heavy atom. The van der Waals surface area contributed by atoms with Gasteiger partial charge in [0.15, 0.2) is 5.78 Å². The highest BCUT2D eigenvalue weighted by Gasteiger charge is 2.12. The van der Waals surface area contributed by atoms with E-state index in [0.717, 1.165) is 3.57 Å². The molecule has 12 heavy (non-hydrogen) atoms. The molecule has 2 nitrogen and oxygen atoms in total. The van der Waals surface area contributed by atoms with Crippen LogP contribution in [-0.4, -0.2) is 10.8 Å². The van der Waals surface area contributed by atoms with Crippen LogP contribution in [0, 0.1) is 3.57 Å². The molecule has 0 saturated heterocycles. The van der Waals surface area contributed by atoms with Crippen molar-refractivity contribution in [1.82, 2.24) is 4.98 Å². The number of pyridine rings is 1. The Balaban J connectivity index is 3.38. The van der Waals surface area contributed by atoms with Crippen molar-refractivity contribution in [2.75, 3.05) is 0 Å². The Morgan fingerprint density at radius 3 is 2.58 bits per heavy atom. The zero-order valence-corrected chi connectivity index (χ0v) is 9.74. The molecule has 0 fully saturated rings. The number of ketones is 1. The lowest BCUT2D eigenvalue weighted by Gasteiger charge is -2.02. The van der Waals surface area contributed by atoms with Gasteiger partial charge in [0.1, 0.15) is 10.3 Å². The van der Waals surface area contributed by atoms with E-state index in [9.17, 15) is 4.79 Å². The first-order chi connectivity index (χ1) is 5.52. The summed E-state index contributed by atoms with van der Waals surface area (Å²) in [6, 6.07) is 1.60. The van der Waals surface area contributed by atoms with Crippen LogP contribution in [-0.2, 0) is 0 Å². The lowest BCUT2D eigenvalue weighted by Crippen LogP contribution is -1.99. The summed E-state index contributed by atoms with van der Waals surface area (Å²) in [7, 11) is 0. The molecule has 0 amide bonds. The highest BCUT2D eigenvalue weighted by molar-refractivity contribution is 14.1. The molecule has 0 spiro atoms. The predicted molar refractivity (Wildman–Crippen MR) is 57.0 cm³/mol. The van der Waals surface area contributed by atoms with Crippen molar-refractivity contribution in [2.45, 2.75) is 6.92 Å². The summed E-state index contributed by atoms with van der Waals surface area (Å²) in [4.78, 5) is 14.8. The van der Waals surface area contributed by atoms with Gasteiger partial charge in [-0.05, 0) is 35.6 Å². The second-order valence-electron chi connectivity index (χ2n) is 2.15. The van der Waals surface area contributed by atoms with Gasteiger partial charge in [-0.3, -0.25) is 4.79 Å². The van der Waals surface area contributed by atoms with Crippen LogP contribution in [0.15, 0.2) is 6.07 Å². The van der Waals surface area contributed by atoms with Gasteiger partial charge in [-0.15, -0.1) is 0 Å². The molecule has 0 aliphatic heterocycles. The van der Waals surface area contributed by atoms with Gasteiger partial charge in [-0.25, -0.2) is 4.98 Å². The van der Waals surface area contributed by atoms with Gasteiger partial charge >= 0.3 is 0 Å². The van der Waals surface area contributed by atoms with E-state index in [2.05, 4.69) is 4.98 Å². The van der Waals surface area contributed by atoms with E-state index in [0.29, 0.717) is 10.7 Å². The lowest BCUT2D eigenvalue weighted by atomic mass is 10.2. The predicted octanol–water partition coefficient (Wildman–Crippen LogP) is 3.20. The van der Waals surface area contributed by atoms with Gasteiger partial charge in [0.05, 0.1) is 5.56 Å². The van der Waals surface area contributed by atoms with Crippen LogP contribution in [0.25, 0.3) is 0 Å². The molecule has 0 aliphatic carbocycles. The molecule has 1 aromatic heterocycles. The van der Waals surface area contributed by atoms with Crippen molar-refractivity contribution < 1.29 is 4.79 Å². The van der Waals surface area contributed by atoms with Crippen LogP contribution >= 0.6 is 45.8 Å². The monoisotopic (exact) mass is 315 g/mol. The van der Waals surface area contributed by atoms with Gasteiger partial charge < -0.3 is 0 Å². The van der Waals surface area contributed by atoms with Gasteiger partial charge in [-0.2, -0.15) is 0 Å². The zero-order valence-electron chi connectivity index (χ0n) is 6.07. The maximum atomic E-state index is 11.0. The highest BCUT2D eigenvalue weighted by Crippen LogP contribution is 2.23.